The molecule has 3 N–H and O–H groups in total. The summed E-state index contributed by atoms with van der Waals surface area (Å²) >= 11 is 4.86. The molecule has 3 atom stereocenters. The second kappa shape index (κ2) is 5.10. The van der Waals surface area contributed by atoms with Crippen molar-refractivity contribution in [3.8, 4) is 0 Å². The van der Waals surface area contributed by atoms with Crippen LogP contribution in [0.15, 0.2) is 18.3 Å². The number of aromatic nitrogens is 1. The van der Waals surface area contributed by atoms with Gasteiger partial charge in [0, 0.05) is 30.8 Å². The number of carbonyl (C=O) groups excluding carboxylic acids is 1. The minimum atomic E-state index is -0.261. The molecule has 1 aliphatic heterocycles. The number of nitrogens with two attached hydrogens (primary N) is 1. The van der Waals surface area contributed by atoms with E-state index in [-0.39, 0.29) is 22.9 Å². The van der Waals surface area contributed by atoms with Gasteiger partial charge in [0.25, 0.3) is 5.91 Å². The Hall–Kier alpha value is -1.53. The molecule has 1 aromatic heterocycles. The van der Waals surface area contributed by atoms with E-state index in [4.69, 9.17) is 18.0 Å². The maximum absolute atomic E-state index is 12.4. The molecule has 1 saturated carbocycles. The van der Waals surface area contributed by atoms with Gasteiger partial charge in [0.2, 0.25) is 0 Å². The molecule has 2 fully saturated rings. The fourth-order valence-corrected chi connectivity index (χ4v) is 3.35. The van der Waals surface area contributed by atoms with E-state index in [1.165, 1.54) is 6.20 Å². The van der Waals surface area contributed by atoms with Crippen LogP contribution in [0.2, 0.25) is 0 Å². The van der Waals surface area contributed by atoms with E-state index in [0.717, 1.165) is 19.4 Å². The number of aliphatic hydroxyl groups excluding tert-OH is 1. The topological polar surface area (TPSA) is 79.5 Å². The number of fused-ring (bicyclic) bond motifs is 1. The van der Waals surface area contributed by atoms with Gasteiger partial charge >= 0.3 is 0 Å². The average Bonchev–Trinajstić information content (AvgIpc) is 3.01. The van der Waals surface area contributed by atoms with Crippen LogP contribution < -0.4 is 5.73 Å². The van der Waals surface area contributed by atoms with Gasteiger partial charge in [-0.25, -0.2) is 0 Å². The summed E-state index contributed by atoms with van der Waals surface area (Å²) in [4.78, 5) is 18.6. The van der Waals surface area contributed by atoms with Gasteiger partial charge in [0.15, 0.2) is 0 Å². The van der Waals surface area contributed by atoms with E-state index in [1.54, 1.807) is 17.0 Å². The average molecular weight is 291 g/mol. The zero-order valence-corrected chi connectivity index (χ0v) is 11.8. The first-order chi connectivity index (χ1) is 9.56. The van der Waals surface area contributed by atoms with Crippen molar-refractivity contribution in [2.45, 2.75) is 18.9 Å². The number of likely N-dealkylation sites (tertiary alicyclic amines) is 1. The summed E-state index contributed by atoms with van der Waals surface area (Å²) in [6.45, 7) is 1.35. The molecule has 20 heavy (non-hydrogen) atoms. The maximum atomic E-state index is 12.4. The minimum Gasteiger partial charge on any atom is -0.393 e. The zero-order valence-electron chi connectivity index (χ0n) is 11.0. The Morgan fingerprint density at radius 1 is 1.40 bits per heavy atom. The van der Waals surface area contributed by atoms with Gasteiger partial charge in [0.1, 0.15) is 10.7 Å². The number of thiocarbonyl (C=S) groups is 1. The fourth-order valence-electron chi connectivity index (χ4n) is 3.23. The molecule has 0 bridgehead atoms. The second-order valence-electron chi connectivity index (χ2n) is 5.58. The third-order valence-corrected chi connectivity index (χ3v) is 4.61. The summed E-state index contributed by atoms with van der Waals surface area (Å²) in [7, 11) is 0. The highest BCUT2D eigenvalue weighted by atomic mass is 32.1. The van der Waals surface area contributed by atoms with Crippen molar-refractivity contribution in [3.05, 3.63) is 29.6 Å². The van der Waals surface area contributed by atoms with Crippen molar-refractivity contribution >= 4 is 23.1 Å². The number of rotatable bonds is 2. The Morgan fingerprint density at radius 2 is 2.20 bits per heavy atom. The highest BCUT2D eigenvalue weighted by Gasteiger charge is 2.43. The molecular formula is C14H17N3O2S. The van der Waals surface area contributed by atoms with Crippen LogP contribution in [0.5, 0.6) is 0 Å². The van der Waals surface area contributed by atoms with Crippen LogP contribution in [0, 0.1) is 11.8 Å². The third kappa shape index (κ3) is 2.29. The largest absolute Gasteiger partial charge is 0.393 e. The lowest BCUT2D eigenvalue weighted by Crippen LogP contribution is -2.31. The molecular weight excluding hydrogens is 274 g/mol. The Balaban J connectivity index is 1.72. The number of hydrogen-bond acceptors (Lipinski definition) is 4. The quantitative estimate of drug-likeness (QED) is 0.778. The molecule has 1 saturated heterocycles. The first-order valence-electron chi connectivity index (χ1n) is 6.79. The van der Waals surface area contributed by atoms with Crippen molar-refractivity contribution in [2.24, 2.45) is 17.6 Å². The molecule has 0 radical (unpaired) electrons. The van der Waals surface area contributed by atoms with E-state index in [2.05, 4.69) is 4.98 Å². The molecule has 2 aliphatic rings. The lowest BCUT2D eigenvalue weighted by Gasteiger charge is -2.18. The SMILES string of the molecule is NC(=S)c1ccc(C(=O)N2CC3CCC(O)C3C2)nc1. The van der Waals surface area contributed by atoms with Gasteiger partial charge in [-0.15, -0.1) is 0 Å². The normalized spacial score (nSPS) is 28.4. The summed E-state index contributed by atoms with van der Waals surface area (Å²) in [5, 5.41) is 9.89. The lowest BCUT2D eigenvalue weighted by molar-refractivity contribution is 0.0746. The zero-order chi connectivity index (χ0) is 14.3. The molecule has 1 aromatic rings. The second-order valence-corrected chi connectivity index (χ2v) is 6.01. The molecule has 3 rings (SSSR count). The van der Waals surface area contributed by atoms with Crippen molar-refractivity contribution in [1.82, 2.24) is 9.88 Å². The molecule has 0 aromatic carbocycles. The number of amides is 1. The number of carbonyl (C=O) groups is 1. The van der Waals surface area contributed by atoms with Gasteiger partial charge in [-0.05, 0) is 30.9 Å². The predicted molar refractivity (Wildman–Crippen MR) is 78.2 cm³/mol. The highest BCUT2D eigenvalue weighted by Crippen LogP contribution is 2.38. The van der Waals surface area contributed by atoms with Gasteiger partial charge in [-0.3, -0.25) is 9.78 Å². The van der Waals surface area contributed by atoms with E-state index < -0.39 is 0 Å². The fraction of sp³-hybridized carbons (Fsp3) is 0.500. The summed E-state index contributed by atoms with van der Waals surface area (Å²) in [6.07, 6.45) is 3.13. The van der Waals surface area contributed by atoms with E-state index in [9.17, 15) is 9.90 Å². The molecule has 3 unspecified atom stereocenters. The molecule has 1 amide bonds. The van der Waals surface area contributed by atoms with Crippen LogP contribution in [0.3, 0.4) is 0 Å². The number of pyridine rings is 1. The molecule has 0 spiro atoms. The standard InChI is InChI=1S/C14H17N3O2S/c15-13(20)8-1-3-11(16-5-8)14(19)17-6-9-2-4-12(18)10(9)7-17/h1,3,5,9-10,12,18H,2,4,6-7H2,(H2,15,20). The molecule has 5 nitrogen and oxygen atoms in total. The Bertz CT molecular complexity index is 546. The van der Waals surface area contributed by atoms with Crippen molar-refractivity contribution in [3.63, 3.8) is 0 Å². The molecule has 1 aliphatic carbocycles. The molecule has 106 valence electrons. The van der Waals surface area contributed by atoms with Crippen molar-refractivity contribution in [2.75, 3.05) is 13.1 Å². The highest BCUT2D eigenvalue weighted by molar-refractivity contribution is 7.80. The Morgan fingerprint density at radius 3 is 2.80 bits per heavy atom. The van der Waals surface area contributed by atoms with Crippen LogP contribution in [0.1, 0.15) is 28.9 Å². The van der Waals surface area contributed by atoms with Gasteiger partial charge in [-0.1, -0.05) is 12.2 Å². The van der Waals surface area contributed by atoms with E-state index in [0.29, 0.717) is 23.7 Å². The van der Waals surface area contributed by atoms with E-state index in [1.807, 2.05) is 0 Å². The minimum absolute atomic E-state index is 0.0823. The van der Waals surface area contributed by atoms with Crippen LogP contribution in [-0.2, 0) is 0 Å². The first kappa shape index (κ1) is 13.5. The smallest absolute Gasteiger partial charge is 0.272 e. The summed E-state index contributed by atoms with van der Waals surface area (Å²) < 4.78 is 0. The van der Waals surface area contributed by atoms with Gasteiger partial charge in [0.05, 0.1) is 6.10 Å². The maximum Gasteiger partial charge on any atom is 0.272 e. The van der Waals surface area contributed by atoms with Crippen LogP contribution in [0.4, 0.5) is 0 Å². The summed E-state index contributed by atoms with van der Waals surface area (Å²) in [6, 6.07) is 3.37. The summed E-state index contributed by atoms with van der Waals surface area (Å²) in [5.74, 6) is 0.584. The lowest BCUT2D eigenvalue weighted by atomic mass is 10.00. The van der Waals surface area contributed by atoms with Crippen LogP contribution in [-0.4, -0.2) is 45.1 Å². The predicted octanol–water partition coefficient (Wildman–Crippen LogP) is 0.559. The molecule has 2 heterocycles. The first-order valence-corrected chi connectivity index (χ1v) is 7.20. The molecule has 6 heteroatoms. The van der Waals surface area contributed by atoms with Crippen LogP contribution in [0.25, 0.3) is 0 Å². The van der Waals surface area contributed by atoms with Crippen LogP contribution >= 0.6 is 12.2 Å². The summed E-state index contributed by atoms with van der Waals surface area (Å²) in [5.41, 5.74) is 6.57. The number of nitrogens with zero attached hydrogens (tertiary/aromatic N) is 2. The Kier molecular flexibility index (Phi) is 3.43. The third-order valence-electron chi connectivity index (χ3n) is 4.37. The van der Waals surface area contributed by atoms with Crippen molar-refractivity contribution < 1.29 is 9.90 Å². The van der Waals surface area contributed by atoms with Gasteiger partial charge in [-0.2, -0.15) is 0 Å². The number of aliphatic hydroxyl groups is 1. The van der Waals surface area contributed by atoms with Crippen molar-refractivity contribution in [1.29, 1.82) is 0 Å². The van der Waals surface area contributed by atoms with Gasteiger partial charge < -0.3 is 15.7 Å². The Labute approximate surface area is 122 Å². The monoisotopic (exact) mass is 291 g/mol. The number of hydrogen-bond donors (Lipinski definition) is 2. The van der Waals surface area contributed by atoms with E-state index >= 15 is 0 Å².